The maximum Gasteiger partial charge on any atom is 0.410 e. The van der Waals surface area contributed by atoms with E-state index in [1.807, 2.05) is 49.4 Å². The lowest BCUT2D eigenvalue weighted by Gasteiger charge is -2.36. The number of carbonyl (C=O) groups is 1. The number of rotatable bonds is 2. The molecule has 0 unspecified atom stereocenters. The lowest BCUT2D eigenvalue weighted by atomic mass is 9.98. The van der Waals surface area contributed by atoms with Gasteiger partial charge in [-0.15, -0.1) is 0 Å². The number of fused-ring (bicyclic) bond motifs is 1. The molecule has 1 aliphatic rings. The fourth-order valence-corrected chi connectivity index (χ4v) is 3.21. The van der Waals surface area contributed by atoms with Crippen molar-refractivity contribution in [3.05, 3.63) is 30.0 Å². The van der Waals surface area contributed by atoms with Crippen molar-refractivity contribution >= 4 is 11.7 Å². The van der Waals surface area contributed by atoms with Crippen molar-refractivity contribution in [2.24, 2.45) is 0 Å². The Bertz CT molecular complexity index is 732. The Kier molecular flexibility index (Phi) is 4.47. The minimum absolute atomic E-state index is 0.145. The molecule has 0 spiro atoms. The number of hydrogen-bond donors (Lipinski definition) is 0. The Morgan fingerprint density at radius 1 is 1.38 bits per heavy atom. The fourth-order valence-electron chi connectivity index (χ4n) is 3.21. The zero-order valence-electron chi connectivity index (χ0n) is 15.0. The monoisotopic (exact) mass is 330 g/mol. The molecule has 1 fully saturated rings. The molecule has 0 N–H and O–H groups in total. The number of amides is 1. The number of piperidine rings is 1. The Labute approximate surface area is 142 Å². The van der Waals surface area contributed by atoms with Gasteiger partial charge < -0.3 is 14.0 Å². The van der Waals surface area contributed by atoms with Crippen LogP contribution in [-0.4, -0.2) is 43.5 Å². The number of ether oxygens (including phenoxy) is 1. The number of nitrogens with zero attached hydrogens (tertiary/aromatic N) is 4. The third-order valence-electron chi connectivity index (χ3n) is 4.30. The van der Waals surface area contributed by atoms with Crippen LogP contribution in [0, 0.1) is 6.92 Å². The van der Waals surface area contributed by atoms with Crippen LogP contribution in [0.5, 0.6) is 0 Å². The van der Waals surface area contributed by atoms with E-state index < -0.39 is 5.60 Å². The Morgan fingerprint density at radius 2 is 2.17 bits per heavy atom. The molecule has 1 atom stereocenters. The molecule has 6 heteroatoms. The molecule has 0 bridgehead atoms. The molecule has 3 rings (SSSR count). The average Bonchev–Trinajstić information content (AvgIpc) is 2.90. The number of aromatic nitrogens is 3. The highest BCUT2D eigenvalue weighted by Gasteiger charge is 2.31. The zero-order chi connectivity index (χ0) is 17.3. The Balaban J connectivity index is 1.77. The summed E-state index contributed by atoms with van der Waals surface area (Å²) in [6.45, 7) is 8.43. The number of carbonyl (C=O) groups excluding carboxylic acids is 1. The molecule has 0 aromatic carbocycles. The molecule has 2 aromatic rings. The molecule has 1 aliphatic heterocycles. The first kappa shape index (κ1) is 16.7. The molecule has 1 saturated heterocycles. The van der Waals surface area contributed by atoms with E-state index in [-0.39, 0.29) is 12.1 Å². The van der Waals surface area contributed by atoms with Crippen LogP contribution in [0.2, 0.25) is 0 Å². The summed E-state index contributed by atoms with van der Waals surface area (Å²) >= 11 is 0. The third-order valence-corrected chi connectivity index (χ3v) is 4.30. The molecule has 0 saturated carbocycles. The van der Waals surface area contributed by atoms with Gasteiger partial charge in [-0.05, 0) is 47.0 Å². The van der Waals surface area contributed by atoms with Gasteiger partial charge in [0.05, 0.1) is 11.4 Å². The summed E-state index contributed by atoms with van der Waals surface area (Å²) in [5.41, 5.74) is 2.32. The molecular weight excluding hydrogens is 304 g/mol. The maximum absolute atomic E-state index is 12.5. The quantitative estimate of drug-likeness (QED) is 0.847. The van der Waals surface area contributed by atoms with Gasteiger partial charge in [0.25, 0.3) is 0 Å². The summed E-state index contributed by atoms with van der Waals surface area (Å²) in [7, 11) is 0. The van der Waals surface area contributed by atoms with Crippen LogP contribution in [0.3, 0.4) is 0 Å². The van der Waals surface area contributed by atoms with Gasteiger partial charge in [-0.2, -0.15) is 0 Å². The topological polar surface area (TPSA) is 59.7 Å². The molecule has 1 amide bonds. The summed E-state index contributed by atoms with van der Waals surface area (Å²) in [5.74, 6) is 0. The van der Waals surface area contributed by atoms with Gasteiger partial charge in [-0.3, -0.25) is 4.98 Å². The lowest BCUT2D eigenvalue weighted by molar-refractivity contribution is 0.00986. The van der Waals surface area contributed by atoms with E-state index in [1.165, 1.54) is 0 Å². The lowest BCUT2D eigenvalue weighted by Crippen LogP contribution is -2.47. The van der Waals surface area contributed by atoms with Gasteiger partial charge in [0.1, 0.15) is 5.60 Å². The highest BCUT2D eigenvalue weighted by Crippen LogP contribution is 2.23. The zero-order valence-corrected chi connectivity index (χ0v) is 15.0. The van der Waals surface area contributed by atoms with Crippen LogP contribution in [-0.2, 0) is 11.2 Å². The minimum atomic E-state index is -0.467. The van der Waals surface area contributed by atoms with Crippen LogP contribution in [0.4, 0.5) is 4.79 Å². The van der Waals surface area contributed by atoms with E-state index in [1.54, 1.807) is 6.20 Å². The SMILES string of the molecule is Cc1nccn2cc(C[C@@H]3CCCCN3C(=O)OC(C)(C)C)nc12. The van der Waals surface area contributed by atoms with Gasteiger partial charge in [-0.25, -0.2) is 9.78 Å². The molecule has 24 heavy (non-hydrogen) atoms. The molecular formula is C18H26N4O2. The van der Waals surface area contributed by atoms with Gasteiger partial charge in [-0.1, -0.05) is 0 Å². The third kappa shape index (κ3) is 3.68. The first-order valence-corrected chi connectivity index (χ1v) is 8.62. The largest absolute Gasteiger partial charge is 0.444 e. The average molecular weight is 330 g/mol. The van der Waals surface area contributed by atoms with Gasteiger partial charge in [0, 0.05) is 37.6 Å². The van der Waals surface area contributed by atoms with E-state index in [0.717, 1.165) is 49.3 Å². The van der Waals surface area contributed by atoms with E-state index in [0.29, 0.717) is 0 Å². The van der Waals surface area contributed by atoms with Crippen molar-refractivity contribution in [3.8, 4) is 0 Å². The van der Waals surface area contributed by atoms with Crippen molar-refractivity contribution in [2.75, 3.05) is 6.54 Å². The van der Waals surface area contributed by atoms with Crippen LogP contribution in [0.1, 0.15) is 51.4 Å². The van der Waals surface area contributed by atoms with Crippen molar-refractivity contribution in [1.29, 1.82) is 0 Å². The van der Waals surface area contributed by atoms with Crippen LogP contribution in [0.25, 0.3) is 5.65 Å². The Morgan fingerprint density at radius 3 is 2.88 bits per heavy atom. The second-order valence-electron chi connectivity index (χ2n) is 7.50. The summed E-state index contributed by atoms with van der Waals surface area (Å²) in [5, 5.41) is 0. The standard InChI is InChI=1S/C18H26N4O2/c1-13-16-20-14(12-21(16)10-8-19-13)11-15-7-5-6-9-22(15)17(23)24-18(2,3)4/h8,10,12,15H,5-7,9,11H2,1-4H3/t15-/m0/s1. The van der Waals surface area contributed by atoms with E-state index >= 15 is 0 Å². The van der Waals surface area contributed by atoms with Crippen LogP contribution < -0.4 is 0 Å². The maximum atomic E-state index is 12.5. The highest BCUT2D eigenvalue weighted by atomic mass is 16.6. The molecule has 2 aromatic heterocycles. The summed E-state index contributed by atoms with van der Waals surface area (Å²) in [6, 6.07) is 0.145. The smallest absolute Gasteiger partial charge is 0.410 e. The molecule has 0 aliphatic carbocycles. The summed E-state index contributed by atoms with van der Waals surface area (Å²) in [4.78, 5) is 23.4. The second-order valence-corrected chi connectivity index (χ2v) is 7.50. The van der Waals surface area contributed by atoms with E-state index in [4.69, 9.17) is 9.72 Å². The normalized spacial score (nSPS) is 18.8. The first-order valence-electron chi connectivity index (χ1n) is 8.62. The van der Waals surface area contributed by atoms with Crippen molar-refractivity contribution in [2.45, 2.75) is 65.0 Å². The number of likely N-dealkylation sites (tertiary alicyclic amines) is 1. The minimum Gasteiger partial charge on any atom is -0.444 e. The number of aryl methyl sites for hydroxylation is 1. The fraction of sp³-hybridized carbons (Fsp3) is 0.611. The van der Waals surface area contributed by atoms with Crippen LogP contribution >= 0.6 is 0 Å². The molecule has 0 radical (unpaired) electrons. The van der Waals surface area contributed by atoms with Crippen molar-refractivity contribution in [1.82, 2.24) is 19.3 Å². The highest BCUT2D eigenvalue weighted by molar-refractivity contribution is 5.68. The molecule has 130 valence electrons. The number of imidazole rings is 1. The van der Waals surface area contributed by atoms with Gasteiger partial charge in [0.15, 0.2) is 5.65 Å². The molecule has 3 heterocycles. The second kappa shape index (κ2) is 6.42. The first-order chi connectivity index (χ1) is 11.3. The Hall–Kier alpha value is -2.11. The summed E-state index contributed by atoms with van der Waals surface area (Å²) in [6.07, 6.45) is 9.42. The van der Waals surface area contributed by atoms with E-state index in [2.05, 4.69) is 4.98 Å². The predicted octanol–water partition coefficient (Wildman–Crippen LogP) is 3.37. The van der Waals surface area contributed by atoms with Crippen LogP contribution in [0.15, 0.2) is 18.6 Å². The molecule has 6 nitrogen and oxygen atoms in total. The van der Waals surface area contributed by atoms with Crippen molar-refractivity contribution < 1.29 is 9.53 Å². The predicted molar refractivity (Wildman–Crippen MR) is 92.0 cm³/mol. The van der Waals surface area contributed by atoms with Crippen molar-refractivity contribution in [3.63, 3.8) is 0 Å². The van der Waals surface area contributed by atoms with E-state index in [9.17, 15) is 4.79 Å². The van der Waals surface area contributed by atoms with Gasteiger partial charge >= 0.3 is 6.09 Å². The number of hydrogen-bond acceptors (Lipinski definition) is 4. The summed E-state index contributed by atoms with van der Waals surface area (Å²) < 4.78 is 7.57. The van der Waals surface area contributed by atoms with Gasteiger partial charge in [0.2, 0.25) is 0 Å².